The van der Waals surface area contributed by atoms with Gasteiger partial charge < -0.3 is 5.11 Å². The second-order valence-electron chi connectivity index (χ2n) is 1.64. The molecular weight excluding hydrogens is 196 g/mol. The molecule has 0 saturated carbocycles. The van der Waals surface area contributed by atoms with Gasteiger partial charge >= 0.3 is 0 Å². The maximum absolute atomic E-state index is 8.54. The van der Waals surface area contributed by atoms with Gasteiger partial charge in [-0.25, -0.2) is 0 Å². The molecule has 0 amide bonds. The number of hydrogen-bond donors (Lipinski definition) is 1. The van der Waals surface area contributed by atoms with Crippen LogP contribution in [0.1, 0.15) is 61.0 Å². The Morgan fingerprint density at radius 1 is 0.688 bits per heavy atom. The SMILES string of the molecule is CC.CC.CC.CC.OCc1ccccc1. The molecule has 0 atom stereocenters. The van der Waals surface area contributed by atoms with Crippen LogP contribution in [-0.2, 0) is 6.61 Å². The minimum Gasteiger partial charge on any atom is -0.392 e. The van der Waals surface area contributed by atoms with Crippen molar-refractivity contribution in [2.24, 2.45) is 0 Å². The second kappa shape index (κ2) is 36.8. The molecule has 0 fully saturated rings. The lowest BCUT2D eigenvalue weighted by Crippen LogP contribution is -1.77. The van der Waals surface area contributed by atoms with Crippen LogP contribution in [0.15, 0.2) is 30.3 Å². The number of aliphatic hydroxyl groups is 1. The van der Waals surface area contributed by atoms with Crippen molar-refractivity contribution in [3.63, 3.8) is 0 Å². The molecule has 1 rings (SSSR count). The van der Waals surface area contributed by atoms with E-state index in [0.29, 0.717) is 0 Å². The van der Waals surface area contributed by atoms with E-state index >= 15 is 0 Å². The highest BCUT2D eigenvalue weighted by molar-refractivity contribution is 5.12. The summed E-state index contributed by atoms with van der Waals surface area (Å²) in [5.74, 6) is 0. The van der Waals surface area contributed by atoms with Crippen molar-refractivity contribution in [3.05, 3.63) is 35.9 Å². The maximum atomic E-state index is 8.54. The fourth-order valence-corrected chi connectivity index (χ4v) is 0.583. The molecule has 98 valence electrons. The molecule has 0 aromatic heterocycles. The fourth-order valence-electron chi connectivity index (χ4n) is 0.583. The molecule has 0 aliphatic heterocycles. The number of aliphatic hydroxyl groups excluding tert-OH is 1. The zero-order chi connectivity index (χ0) is 13.8. The fraction of sp³-hybridized carbons (Fsp3) is 0.600. The molecular formula is C15H32O. The Balaban J connectivity index is -0.0000000771. The van der Waals surface area contributed by atoms with Crippen molar-refractivity contribution < 1.29 is 5.11 Å². The lowest BCUT2D eigenvalue weighted by Gasteiger charge is -1.89. The minimum atomic E-state index is 0.140. The normalized spacial score (nSPS) is 6.06. The zero-order valence-corrected chi connectivity index (χ0v) is 12.5. The summed E-state index contributed by atoms with van der Waals surface area (Å²) in [6.45, 7) is 16.1. The van der Waals surface area contributed by atoms with Crippen molar-refractivity contribution in [2.75, 3.05) is 0 Å². The molecule has 1 N–H and O–H groups in total. The van der Waals surface area contributed by atoms with Crippen LogP contribution in [0.2, 0.25) is 0 Å². The minimum absolute atomic E-state index is 0.140. The molecule has 1 aromatic carbocycles. The summed E-state index contributed by atoms with van der Waals surface area (Å²) in [7, 11) is 0. The van der Waals surface area contributed by atoms with Gasteiger partial charge in [-0.15, -0.1) is 0 Å². The molecule has 0 spiro atoms. The second-order valence-corrected chi connectivity index (χ2v) is 1.64. The predicted octanol–water partition coefficient (Wildman–Crippen LogP) is 5.28. The summed E-state index contributed by atoms with van der Waals surface area (Å²) >= 11 is 0. The van der Waals surface area contributed by atoms with Gasteiger partial charge in [-0.05, 0) is 5.56 Å². The molecule has 0 radical (unpaired) electrons. The van der Waals surface area contributed by atoms with Crippen LogP contribution in [-0.4, -0.2) is 5.11 Å². The highest BCUT2D eigenvalue weighted by Gasteiger charge is 1.81. The molecule has 0 unspecified atom stereocenters. The van der Waals surface area contributed by atoms with Gasteiger partial charge in [0.15, 0.2) is 0 Å². The summed E-state index contributed by atoms with van der Waals surface area (Å²) < 4.78 is 0. The topological polar surface area (TPSA) is 20.2 Å². The van der Waals surface area contributed by atoms with Gasteiger partial charge in [0.1, 0.15) is 0 Å². The third-order valence-corrected chi connectivity index (χ3v) is 1.03. The van der Waals surface area contributed by atoms with E-state index < -0.39 is 0 Å². The van der Waals surface area contributed by atoms with Crippen LogP contribution in [0.4, 0.5) is 0 Å². The van der Waals surface area contributed by atoms with E-state index in [2.05, 4.69) is 0 Å². The van der Waals surface area contributed by atoms with Crippen LogP contribution in [0.25, 0.3) is 0 Å². The Hall–Kier alpha value is -0.820. The smallest absolute Gasteiger partial charge is 0.0681 e. The van der Waals surface area contributed by atoms with Crippen molar-refractivity contribution >= 4 is 0 Å². The lowest BCUT2D eigenvalue weighted by molar-refractivity contribution is 0.282. The Kier molecular flexibility index (Phi) is 56.2. The van der Waals surface area contributed by atoms with Crippen LogP contribution >= 0.6 is 0 Å². The lowest BCUT2D eigenvalue weighted by atomic mass is 10.2. The third kappa shape index (κ3) is 23.2. The van der Waals surface area contributed by atoms with Crippen LogP contribution in [0, 0.1) is 0 Å². The van der Waals surface area contributed by atoms with E-state index in [1.807, 2.05) is 85.7 Å². The molecule has 0 heterocycles. The summed E-state index contributed by atoms with van der Waals surface area (Å²) in [4.78, 5) is 0. The van der Waals surface area contributed by atoms with Crippen molar-refractivity contribution in [2.45, 2.75) is 62.0 Å². The maximum Gasteiger partial charge on any atom is 0.0681 e. The molecule has 0 saturated heterocycles. The largest absolute Gasteiger partial charge is 0.392 e. The third-order valence-electron chi connectivity index (χ3n) is 1.03. The first-order valence-corrected chi connectivity index (χ1v) is 6.58. The standard InChI is InChI=1S/C7H8O.4C2H6/c8-6-7-4-2-1-3-5-7;4*1-2/h1-5,8H,6H2;4*1-2H3. The first-order chi connectivity index (χ1) is 7.93. The van der Waals surface area contributed by atoms with Crippen LogP contribution in [0.5, 0.6) is 0 Å². The number of rotatable bonds is 1. The Morgan fingerprint density at radius 3 is 1.19 bits per heavy atom. The summed E-state index contributed by atoms with van der Waals surface area (Å²) in [5.41, 5.74) is 0.965. The zero-order valence-electron chi connectivity index (χ0n) is 12.5. The quantitative estimate of drug-likeness (QED) is 0.693. The van der Waals surface area contributed by atoms with Crippen molar-refractivity contribution in [1.82, 2.24) is 0 Å². The first kappa shape index (κ1) is 24.4. The van der Waals surface area contributed by atoms with Crippen LogP contribution < -0.4 is 0 Å². The predicted molar refractivity (Wildman–Crippen MR) is 77.8 cm³/mol. The van der Waals surface area contributed by atoms with Crippen LogP contribution in [0.3, 0.4) is 0 Å². The summed E-state index contributed by atoms with van der Waals surface area (Å²) in [5, 5.41) is 8.54. The molecule has 1 heteroatoms. The van der Waals surface area contributed by atoms with E-state index in [1.54, 1.807) is 0 Å². The average Bonchev–Trinajstić information content (AvgIpc) is 2.48. The molecule has 1 aromatic rings. The molecule has 0 aliphatic carbocycles. The highest BCUT2D eigenvalue weighted by Crippen LogP contribution is 1.95. The monoisotopic (exact) mass is 228 g/mol. The highest BCUT2D eigenvalue weighted by atomic mass is 16.3. The number of hydrogen-bond acceptors (Lipinski definition) is 1. The Labute approximate surface area is 104 Å². The van der Waals surface area contributed by atoms with E-state index in [4.69, 9.17) is 5.11 Å². The van der Waals surface area contributed by atoms with Gasteiger partial charge in [-0.2, -0.15) is 0 Å². The summed E-state index contributed by atoms with van der Waals surface area (Å²) in [6.07, 6.45) is 0. The van der Waals surface area contributed by atoms with Gasteiger partial charge in [0.2, 0.25) is 0 Å². The van der Waals surface area contributed by atoms with Crippen molar-refractivity contribution in [1.29, 1.82) is 0 Å². The Bertz CT molecular complexity index is 147. The van der Waals surface area contributed by atoms with Gasteiger partial charge in [-0.3, -0.25) is 0 Å². The van der Waals surface area contributed by atoms with E-state index in [1.165, 1.54) is 0 Å². The van der Waals surface area contributed by atoms with E-state index in [-0.39, 0.29) is 6.61 Å². The van der Waals surface area contributed by atoms with Gasteiger partial charge in [-0.1, -0.05) is 85.7 Å². The van der Waals surface area contributed by atoms with Gasteiger partial charge in [0, 0.05) is 0 Å². The first-order valence-electron chi connectivity index (χ1n) is 6.58. The Morgan fingerprint density at radius 2 is 1.00 bits per heavy atom. The van der Waals surface area contributed by atoms with E-state index in [0.717, 1.165) is 5.56 Å². The molecule has 0 bridgehead atoms. The molecule has 1 nitrogen and oxygen atoms in total. The van der Waals surface area contributed by atoms with Gasteiger partial charge in [0.05, 0.1) is 6.61 Å². The summed E-state index contributed by atoms with van der Waals surface area (Å²) in [6, 6.07) is 9.52. The van der Waals surface area contributed by atoms with E-state index in [9.17, 15) is 0 Å². The van der Waals surface area contributed by atoms with Crippen molar-refractivity contribution in [3.8, 4) is 0 Å². The number of benzene rings is 1. The average molecular weight is 228 g/mol. The van der Waals surface area contributed by atoms with Gasteiger partial charge in [0.25, 0.3) is 0 Å². The molecule has 16 heavy (non-hydrogen) atoms. The molecule has 0 aliphatic rings.